The smallest absolute Gasteiger partial charge is 0.398 e. The summed E-state index contributed by atoms with van der Waals surface area (Å²) in [5.41, 5.74) is 1.67. The molecular formula is C11H6F6N2. The number of anilines is 1. The number of fused-ring (bicyclic) bond motifs is 1. The van der Waals surface area contributed by atoms with Gasteiger partial charge in [-0.3, -0.25) is 0 Å². The largest absolute Gasteiger partial charge is 0.433 e. The lowest BCUT2D eigenvalue weighted by Crippen LogP contribution is -2.14. The molecule has 0 aliphatic carbocycles. The Hall–Kier alpha value is -1.99. The van der Waals surface area contributed by atoms with E-state index in [9.17, 15) is 26.3 Å². The molecule has 0 amide bonds. The Kier molecular flexibility index (Phi) is 2.83. The van der Waals surface area contributed by atoms with E-state index in [2.05, 4.69) is 4.98 Å². The SMILES string of the molecule is Cc1c(C(F)(F)F)nc2c(F)c(F)cc(F)c2c1N. The molecule has 0 saturated carbocycles. The van der Waals surface area contributed by atoms with Crippen LogP contribution in [0, 0.1) is 24.4 Å². The van der Waals surface area contributed by atoms with Gasteiger partial charge in [-0.1, -0.05) is 0 Å². The van der Waals surface area contributed by atoms with Crippen LogP contribution in [0.5, 0.6) is 0 Å². The summed E-state index contributed by atoms with van der Waals surface area (Å²) in [6, 6.07) is 0.211. The van der Waals surface area contributed by atoms with Gasteiger partial charge in [-0.15, -0.1) is 0 Å². The molecule has 0 fully saturated rings. The number of nitrogens with zero attached hydrogens (tertiary/aromatic N) is 1. The van der Waals surface area contributed by atoms with Crippen LogP contribution in [0.2, 0.25) is 0 Å². The molecule has 19 heavy (non-hydrogen) atoms. The van der Waals surface area contributed by atoms with E-state index in [4.69, 9.17) is 5.73 Å². The van der Waals surface area contributed by atoms with Crippen LogP contribution in [-0.2, 0) is 6.18 Å². The second kappa shape index (κ2) is 4.01. The summed E-state index contributed by atoms with van der Waals surface area (Å²) in [5, 5.41) is -0.663. The predicted molar refractivity (Wildman–Crippen MR) is 55.8 cm³/mol. The van der Waals surface area contributed by atoms with Gasteiger partial charge in [0.1, 0.15) is 17.0 Å². The van der Waals surface area contributed by atoms with Crippen molar-refractivity contribution < 1.29 is 26.3 Å². The molecule has 0 unspecified atom stereocenters. The van der Waals surface area contributed by atoms with Crippen LogP contribution in [0.25, 0.3) is 10.9 Å². The van der Waals surface area contributed by atoms with Crippen LogP contribution in [0.15, 0.2) is 6.07 Å². The summed E-state index contributed by atoms with van der Waals surface area (Å²) in [5.74, 6) is -4.57. The van der Waals surface area contributed by atoms with Crippen molar-refractivity contribution in [3.63, 3.8) is 0 Å². The number of alkyl halides is 3. The molecule has 0 aliphatic rings. The topological polar surface area (TPSA) is 38.9 Å². The number of rotatable bonds is 0. The van der Waals surface area contributed by atoms with Gasteiger partial charge in [-0.05, 0) is 6.92 Å². The van der Waals surface area contributed by atoms with Gasteiger partial charge in [-0.25, -0.2) is 18.2 Å². The molecular weight excluding hydrogens is 274 g/mol. The van der Waals surface area contributed by atoms with Crippen LogP contribution < -0.4 is 5.73 Å². The Labute approximate surface area is 102 Å². The number of aromatic nitrogens is 1. The Morgan fingerprint density at radius 3 is 2.21 bits per heavy atom. The summed E-state index contributed by atoms with van der Waals surface area (Å²) in [6.07, 6.45) is -4.90. The van der Waals surface area contributed by atoms with E-state index in [0.717, 1.165) is 6.92 Å². The fourth-order valence-electron chi connectivity index (χ4n) is 1.73. The lowest BCUT2D eigenvalue weighted by molar-refractivity contribution is -0.141. The molecule has 8 heteroatoms. The van der Waals surface area contributed by atoms with Gasteiger partial charge < -0.3 is 5.73 Å². The van der Waals surface area contributed by atoms with Gasteiger partial charge in [0.05, 0.1) is 5.39 Å². The van der Waals surface area contributed by atoms with Gasteiger partial charge in [0, 0.05) is 17.3 Å². The van der Waals surface area contributed by atoms with Gasteiger partial charge in [0.2, 0.25) is 0 Å². The molecule has 0 atom stereocenters. The summed E-state index contributed by atoms with van der Waals surface area (Å²) < 4.78 is 77.9. The molecule has 0 bridgehead atoms. The van der Waals surface area contributed by atoms with Crippen molar-refractivity contribution in [3.05, 3.63) is 34.8 Å². The summed E-state index contributed by atoms with van der Waals surface area (Å²) in [6.45, 7) is 0.977. The van der Waals surface area contributed by atoms with E-state index in [1.54, 1.807) is 0 Å². The van der Waals surface area contributed by atoms with E-state index in [1.807, 2.05) is 0 Å². The first-order chi connectivity index (χ1) is 8.64. The molecule has 0 radical (unpaired) electrons. The zero-order chi connectivity index (χ0) is 14.5. The number of halogens is 6. The zero-order valence-electron chi connectivity index (χ0n) is 9.37. The molecule has 1 aromatic heterocycles. The van der Waals surface area contributed by atoms with Crippen molar-refractivity contribution in [2.45, 2.75) is 13.1 Å². The summed E-state index contributed by atoms with van der Waals surface area (Å²) in [4.78, 5) is 2.97. The van der Waals surface area contributed by atoms with E-state index < -0.39 is 51.5 Å². The third-order valence-corrected chi connectivity index (χ3v) is 2.67. The molecule has 2 nitrogen and oxygen atoms in total. The number of nitrogen functional groups attached to an aromatic ring is 1. The monoisotopic (exact) mass is 280 g/mol. The molecule has 2 N–H and O–H groups in total. The Morgan fingerprint density at radius 1 is 1.11 bits per heavy atom. The molecule has 1 heterocycles. The van der Waals surface area contributed by atoms with Crippen molar-refractivity contribution in [3.8, 4) is 0 Å². The van der Waals surface area contributed by atoms with Gasteiger partial charge in [0.15, 0.2) is 11.6 Å². The van der Waals surface area contributed by atoms with E-state index >= 15 is 0 Å². The highest BCUT2D eigenvalue weighted by atomic mass is 19.4. The standard InChI is InChI=1S/C11H6F6N2/c1-3-8(18)6-4(12)2-5(13)7(14)9(6)19-10(3)11(15,16)17/h2H,1H3,(H2,18,19). The van der Waals surface area contributed by atoms with E-state index in [-0.39, 0.29) is 6.07 Å². The van der Waals surface area contributed by atoms with Crippen molar-refractivity contribution in [1.82, 2.24) is 4.98 Å². The third-order valence-electron chi connectivity index (χ3n) is 2.67. The molecule has 0 saturated heterocycles. The highest BCUT2D eigenvalue weighted by Gasteiger charge is 2.36. The van der Waals surface area contributed by atoms with Crippen LogP contribution in [-0.4, -0.2) is 4.98 Å². The van der Waals surface area contributed by atoms with Gasteiger partial charge in [0.25, 0.3) is 0 Å². The van der Waals surface area contributed by atoms with Crippen LogP contribution in [0.1, 0.15) is 11.3 Å². The van der Waals surface area contributed by atoms with Crippen molar-refractivity contribution in [1.29, 1.82) is 0 Å². The maximum absolute atomic E-state index is 13.5. The first kappa shape index (κ1) is 13.4. The fourth-order valence-corrected chi connectivity index (χ4v) is 1.73. The van der Waals surface area contributed by atoms with Crippen LogP contribution >= 0.6 is 0 Å². The summed E-state index contributed by atoms with van der Waals surface area (Å²) in [7, 11) is 0. The average Bonchev–Trinajstić information content (AvgIpc) is 2.27. The van der Waals surface area contributed by atoms with Crippen LogP contribution in [0.4, 0.5) is 32.0 Å². The maximum Gasteiger partial charge on any atom is 0.433 e. The lowest BCUT2D eigenvalue weighted by Gasteiger charge is -2.14. The normalized spacial score (nSPS) is 12.2. The number of benzene rings is 1. The molecule has 2 aromatic rings. The molecule has 0 spiro atoms. The van der Waals surface area contributed by atoms with Gasteiger partial charge in [-0.2, -0.15) is 13.2 Å². The Morgan fingerprint density at radius 2 is 1.68 bits per heavy atom. The fraction of sp³-hybridized carbons (Fsp3) is 0.182. The van der Waals surface area contributed by atoms with E-state index in [1.165, 1.54) is 0 Å². The van der Waals surface area contributed by atoms with Crippen molar-refractivity contribution >= 4 is 16.6 Å². The molecule has 0 aliphatic heterocycles. The lowest BCUT2D eigenvalue weighted by atomic mass is 10.1. The molecule has 1 aromatic carbocycles. The zero-order valence-corrected chi connectivity index (χ0v) is 9.37. The third kappa shape index (κ3) is 1.96. The van der Waals surface area contributed by atoms with E-state index in [0.29, 0.717) is 0 Å². The van der Waals surface area contributed by atoms with Crippen LogP contribution in [0.3, 0.4) is 0 Å². The minimum absolute atomic E-state index is 0.211. The average molecular weight is 280 g/mol. The molecule has 2 rings (SSSR count). The second-order valence-electron chi connectivity index (χ2n) is 3.87. The highest BCUT2D eigenvalue weighted by molar-refractivity contribution is 5.93. The summed E-state index contributed by atoms with van der Waals surface area (Å²) >= 11 is 0. The number of hydrogen-bond acceptors (Lipinski definition) is 2. The van der Waals surface area contributed by atoms with Crippen molar-refractivity contribution in [2.75, 3.05) is 5.73 Å². The number of nitrogens with two attached hydrogens (primary N) is 1. The molecule has 102 valence electrons. The first-order valence-electron chi connectivity index (χ1n) is 4.95. The maximum atomic E-state index is 13.5. The predicted octanol–water partition coefficient (Wildman–Crippen LogP) is 3.56. The Bertz CT molecular complexity index is 677. The minimum atomic E-state index is -4.90. The van der Waals surface area contributed by atoms with Gasteiger partial charge >= 0.3 is 6.18 Å². The van der Waals surface area contributed by atoms with Crippen molar-refractivity contribution in [2.24, 2.45) is 0 Å². The second-order valence-corrected chi connectivity index (χ2v) is 3.87. The first-order valence-corrected chi connectivity index (χ1v) is 4.95. The quantitative estimate of drug-likeness (QED) is 0.592. The Balaban J connectivity index is 3.01. The number of pyridine rings is 1. The highest BCUT2D eigenvalue weighted by Crippen LogP contribution is 2.37. The number of hydrogen-bond donors (Lipinski definition) is 1. The minimum Gasteiger partial charge on any atom is -0.398 e.